The smallest absolute Gasteiger partial charge is 0.0431 e. The largest absolute Gasteiger partial charge is 0.396 e. The molecule has 0 unspecified atom stereocenters. The lowest BCUT2D eigenvalue weighted by atomic mass is 10.0. The number of unbranched alkanes of at least 4 members (excludes halogenated alkanes) is 1. The first-order chi connectivity index (χ1) is 7.38. The Labute approximate surface area is 93.9 Å². The maximum absolute atomic E-state index is 8.79. The zero-order valence-electron chi connectivity index (χ0n) is 10.0. The molecule has 3 heteroatoms. The average Bonchev–Trinajstić information content (AvgIpc) is 2.29. The molecule has 0 amide bonds. The van der Waals surface area contributed by atoms with Crippen molar-refractivity contribution in [2.45, 2.75) is 45.1 Å². The monoisotopic (exact) mass is 214 g/mol. The highest BCUT2D eigenvalue weighted by molar-refractivity contribution is 4.77. The number of aliphatic hydroxyl groups is 1. The summed E-state index contributed by atoms with van der Waals surface area (Å²) in [5, 5.41) is 12.2. The molecule has 0 aromatic heterocycles. The first-order valence-electron chi connectivity index (χ1n) is 6.44. The Balaban J connectivity index is 2.26. The molecule has 0 atom stereocenters. The Hall–Kier alpha value is -0.120. The molecule has 1 aliphatic heterocycles. The lowest BCUT2D eigenvalue weighted by Crippen LogP contribution is -2.43. The van der Waals surface area contributed by atoms with Crippen LogP contribution in [0.5, 0.6) is 0 Å². The van der Waals surface area contributed by atoms with E-state index in [-0.39, 0.29) is 0 Å². The van der Waals surface area contributed by atoms with Gasteiger partial charge in [0.1, 0.15) is 0 Å². The molecule has 3 nitrogen and oxygen atoms in total. The number of nitrogens with one attached hydrogen (secondary N) is 1. The molecule has 0 saturated carbocycles. The molecular formula is C12H26N2O. The minimum absolute atomic E-state index is 0.339. The van der Waals surface area contributed by atoms with Crippen LogP contribution < -0.4 is 5.32 Å². The first kappa shape index (κ1) is 12.9. The average molecular weight is 214 g/mol. The second kappa shape index (κ2) is 8.08. The van der Waals surface area contributed by atoms with Crippen LogP contribution in [-0.2, 0) is 0 Å². The molecule has 1 aliphatic rings. The van der Waals surface area contributed by atoms with E-state index in [0.29, 0.717) is 6.61 Å². The van der Waals surface area contributed by atoms with Crippen molar-refractivity contribution in [3.8, 4) is 0 Å². The summed E-state index contributed by atoms with van der Waals surface area (Å²) in [5.41, 5.74) is 0. The van der Waals surface area contributed by atoms with Crippen molar-refractivity contribution >= 4 is 0 Å². The first-order valence-corrected chi connectivity index (χ1v) is 6.44. The van der Waals surface area contributed by atoms with Gasteiger partial charge in [-0.1, -0.05) is 6.92 Å². The van der Waals surface area contributed by atoms with Gasteiger partial charge in [0, 0.05) is 12.6 Å². The topological polar surface area (TPSA) is 35.5 Å². The van der Waals surface area contributed by atoms with Crippen molar-refractivity contribution in [1.82, 2.24) is 10.2 Å². The summed E-state index contributed by atoms with van der Waals surface area (Å²) >= 11 is 0. The Morgan fingerprint density at radius 3 is 2.53 bits per heavy atom. The third-order valence-electron chi connectivity index (χ3n) is 3.19. The van der Waals surface area contributed by atoms with Gasteiger partial charge in [0.15, 0.2) is 0 Å². The Bertz CT molecular complexity index is 147. The maximum Gasteiger partial charge on any atom is 0.0431 e. The lowest BCUT2D eigenvalue weighted by Gasteiger charge is -2.34. The van der Waals surface area contributed by atoms with E-state index in [9.17, 15) is 0 Å². The Morgan fingerprint density at radius 1 is 1.20 bits per heavy atom. The third-order valence-corrected chi connectivity index (χ3v) is 3.19. The van der Waals surface area contributed by atoms with E-state index in [1.807, 2.05) is 0 Å². The fourth-order valence-electron chi connectivity index (χ4n) is 2.36. The quantitative estimate of drug-likeness (QED) is 0.626. The van der Waals surface area contributed by atoms with Crippen molar-refractivity contribution in [2.24, 2.45) is 0 Å². The number of rotatable bonds is 7. The van der Waals surface area contributed by atoms with Crippen LogP contribution in [0.15, 0.2) is 0 Å². The molecule has 1 fully saturated rings. The van der Waals surface area contributed by atoms with Crippen LogP contribution in [0.3, 0.4) is 0 Å². The fraction of sp³-hybridized carbons (Fsp3) is 1.00. The van der Waals surface area contributed by atoms with Gasteiger partial charge in [-0.3, -0.25) is 0 Å². The molecule has 0 radical (unpaired) electrons. The third kappa shape index (κ3) is 4.96. The van der Waals surface area contributed by atoms with E-state index in [0.717, 1.165) is 18.9 Å². The molecule has 0 bridgehead atoms. The van der Waals surface area contributed by atoms with Crippen molar-refractivity contribution in [2.75, 3.05) is 32.8 Å². The SMILES string of the molecule is CCCN(CCCCO)C1CCNCC1. The van der Waals surface area contributed by atoms with Gasteiger partial charge in [0.05, 0.1) is 0 Å². The van der Waals surface area contributed by atoms with Crippen LogP contribution in [0.25, 0.3) is 0 Å². The van der Waals surface area contributed by atoms with Crippen LogP contribution in [0.4, 0.5) is 0 Å². The summed E-state index contributed by atoms with van der Waals surface area (Å²) < 4.78 is 0. The molecule has 15 heavy (non-hydrogen) atoms. The van der Waals surface area contributed by atoms with Crippen molar-refractivity contribution in [3.05, 3.63) is 0 Å². The van der Waals surface area contributed by atoms with Gasteiger partial charge in [-0.2, -0.15) is 0 Å². The fourth-order valence-corrected chi connectivity index (χ4v) is 2.36. The Morgan fingerprint density at radius 2 is 1.93 bits per heavy atom. The van der Waals surface area contributed by atoms with Gasteiger partial charge in [-0.15, -0.1) is 0 Å². The number of nitrogens with zero attached hydrogens (tertiary/aromatic N) is 1. The van der Waals surface area contributed by atoms with Crippen molar-refractivity contribution in [3.63, 3.8) is 0 Å². The minimum Gasteiger partial charge on any atom is -0.396 e. The standard InChI is InChI=1S/C12H26N2O/c1-2-9-14(10-3-4-11-15)12-5-7-13-8-6-12/h12-13,15H,2-11H2,1H3. The predicted octanol–water partition coefficient (Wildman–Crippen LogP) is 1.22. The molecule has 90 valence electrons. The molecule has 1 saturated heterocycles. The van der Waals surface area contributed by atoms with E-state index in [1.165, 1.54) is 45.4 Å². The van der Waals surface area contributed by atoms with E-state index in [1.54, 1.807) is 0 Å². The van der Waals surface area contributed by atoms with Crippen LogP contribution in [0.1, 0.15) is 39.0 Å². The zero-order valence-corrected chi connectivity index (χ0v) is 10.0. The van der Waals surface area contributed by atoms with Crippen molar-refractivity contribution < 1.29 is 5.11 Å². The highest BCUT2D eigenvalue weighted by atomic mass is 16.2. The predicted molar refractivity (Wildman–Crippen MR) is 64.1 cm³/mol. The van der Waals surface area contributed by atoms with Crippen LogP contribution in [0, 0.1) is 0 Å². The number of hydrogen-bond donors (Lipinski definition) is 2. The van der Waals surface area contributed by atoms with E-state index in [4.69, 9.17) is 5.11 Å². The van der Waals surface area contributed by atoms with Gasteiger partial charge in [0.25, 0.3) is 0 Å². The molecule has 1 heterocycles. The summed E-state index contributed by atoms with van der Waals surface area (Å²) in [6.45, 7) is 7.32. The Kier molecular flexibility index (Phi) is 6.98. The second-order valence-electron chi connectivity index (χ2n) is 4.45. The summed E-state index contributed by atoms with van der Waals surface area (Å²) in [6, 6.07) is 0.782. The molecular weight excluding hydrogens is 188 g/mol. The zero-order chi connectivity index (χ0) is 10.9. The van der Waals surface area contributed by atoms with Crippen LogP contribution in [-0.4, -0.2) is 48.8 Å². The molecule has 0 spiro atoms. The van der Waals surface area contributed by atoms with Gasteiger partial charge in [-0.25, -0.2) is 0 Å². The summed E-state index contributed by atoms with van der Waals surface area (Å²) in [5.74, 6) is 0. The number of hydrogen-bond acceptors (Lipinski definition) is 3. The highest BCUT2D eigenvalue weighted by Crippen LogP contribution is 2.13. The van der Waals surface area contributed by atoms with Crippen LogP contribution in [0.2, 0.25) is 0 Å². The lowest BCUT2D eigenvalue weighted by molar-refractivity contribution is 0.155. The van der Waals surface area contributed by atoms with Gasteiger partial charge in [0.2, 0.25) is 0 Å². The molecule has 1 rings (SSSR count). The molecule has 0 aliphatic carbocycles. The normalized spacial score (nSPS) is 18.6. The number of piperidine rings is 1. The van der Waals surface area contributed by atoms with E-state index >= 15 is 0 Å². The summed E-state index contributed by atoms with van der Waals surface area (Å²) in [6.07, 6.45) is 5.91. The minimum atomic E-state index is 0.339. The summed E-state index contributed by atoms with van der Waals surface area (Å²) in [7, 11) is 0. The highest BCUT2D eigenvalue weighted by Gasteiger charge is 2.19. The van der Waals surface area contributed by atoms with E-state index < -0.39 is 0 Å². The second-order valence-corrected chi connectivity index (χ2v) is 4.45. The van der Waals surface area contributed by atoms with Gasteiger partial charge >= 0.3 is 0 Å². The van der Waals surface area contributed by atoms with Gasteiger partial charge < -0.3 is 15.3 Å². The number of aliphatic hydroxyl groups excluding tert-OH is 1. The maximum atomic E-state index is 8.79. The summed E-state index contributed by atoms with van der Waals surface area (Å²) in [4.78, 5) is 2.62. The van der Waals surface area contributed by atoms with E-state index in [2.05, 4.69) is 17.1 Å². The van der Waals surface area contributed by atoms with Crippen molar-refractivity contribution in [1.29, 1.82) is 0 Å². The molecule has 0 aromatic carbocycles. The molecule has 0 aromatic rings. The molecule has 2 N–H and O–H groups in total. The van der Waals surface area contributed by atoms with Crippen LogP contribution >= 0.6 is 0 Å². The van der Waals surface area contributed by atoms with Gasteiger partial charge in [-0.05, 0) is 58.3 Å².